The molecule has 1 aromatic rings. The van der Waals surface area contributed by atoms with Gasteiger partial charge >= 0.3 is 5.97 Å². The highest BCUT2D eigenvalue weighted by Gasteiger charge is 2.21. The highest BCUT2D eigenvalue weighted by Crippen LogP contribution is 2.19. The van der Waals surface area contributed by atoms with Crippen LogP contribution in [-0.2, 0) is 14.6 Å². The van der Waals surface area contributed by atoms with Crippen LogP contribution in [0.5, 0.6) is 0 Å². The van der Waals surface area contributed by atoms with Gasteiger partial charge in [-0.05, 0) is 18.6 Å². The number of carboxylic acids is 1. The van der Waals surface area contributed by atoms with Crippen molar-refractivity contribution in [2.24, 2.45) is 0 Å². The monoisotopic (exact) mass is 286 g/mol. The molecule has 0 fully saturated rings. The van der Waals surface area contributed by atoms with Gasteiger partial charge in [-0.2, -0.15) is 0 Å². The van der Waals surface area contributed by atoms with E-state index in [9.17, 15) is 13.2 Å². The Hall–Kier alpha value is -1.63. The second kappa shape index (κ2) is 6.51. The number of sulfone groups is 1. The van der Waals surface area contributed by atoms with Crippen LogP contribution in [-0.4, -0.2) is 36.8 Å². The van der Waals surface area contributed by atoms with Crippen molar-refractivity contribution in [1.82, 2.24) is 4.98 Å². The van der Waals surface area contributed by atoms with E-state index in [2.05, 4.69) is 10.3 Å². The number of nitrogens with one attached hydrogen (secondary N) is 1. The zero-order valence-corrected chi connectivity index (χ0v) is 11.8. The number of carbonyl (C=O) groups is 1. The lowest BCUT2D eigenvalue weighted by atomic mass is 10.1. The van der Waals surface area contributed by atoms with Gasteiger partial charge in [-0.15, -0.1) is 0 Å². The number of hydrogen-bond donors (Lipinski definition) is 2. The van der Waals surface area contributed by atoms with Gasteiger partial charge in [0.15, 0.2) is 9.84 Å². The molecule has 2 N–H and O–H groups in total. The number of unbranched alkanes of at least 4 members (excludes halogenated alkanes) is 1. The van der Waals surface area contributed by atoms with Crippen LogP contribution >= 0.6 is 0 Å². The summed E-state index contributed by atoms with van der Waals surface area (Å²) in [4.78, 5) is 15.1. The van der Waals surface area contributed by atoms with E-state index >= 15 is 0 Å². The summed E-state index contributed by atoms with van der Waals surface area (Å²) in [5.74, 6) is -0.924. The standard InChI is InChI=1S/C12H18N2O4S/c1-3-4-6-9(12(15)16)14-11-10(19(2,17)18)7-5-8-13-11/h5,7-9H,3-4,6H2,1-2H3,(H,13,14)(H,15,16). The second-order valence-electron chi connectivity index (χ2n) is 4.30. The topological polar surface area (TPSA) is 96.4 Å². The predicted molar refractivity (Wildman–Crippen MR) is 71.9 cm³/mol. The van der Waals surface area contributed by atoms with Crippen molar-refractivity contribution in [3.8, 4) is 0 Å². The van der Waals surface area contributed by atoms with E-state index in [-0.39, 0.29) is 10.7 Å². The normalized spacial score (nSPS) is 12.9. The molecule has 0 saturated carbocycles. The van der Waals surface area contributed by atoms with Gasteiger partial charge in [-0.25, -0.2) is 18.2 Å². The SMILES string of the molecule is CCCCC(Nc1ncccc1S(C)(=O)=O)C(=O)O. The quantitative estimate of drug-likeness (QED) is 0.789. The summed E-state index contributed by atoms with van der Waals surface area (Å²) in [6.45, 7) is 1.96. The molecule has 0 bridgehead atoms. The number of nitrogens with zero attached hydrogens (tertiary/aromatic N) is 1. The average Bonchev–Trinajstić information content (AvgIpc) is 2.33. The Morgan fingerprint density at radius 1 is 1.53 bits per heavy atom. The lowest BCUT2D eigenvalue weighted by Crippen LogP contribution is -2.30. The van der Waals surface area contributed by atoms with E-state index in [1.165, 1.54) is 18.3 Å². The third kappa shape index (κ3) is 4.51. The van der Waals surface area contributed by atoms with Crippen molar-refractivity contribution in [3.63, 3.8) is 0 Å². The highest BCUT2D eigenvalue weighted by atomic mass is 32.2. The van der Waals surface area contributed by atoms with E-state index in [0.717, 1.165) is 19.1 Å². The molecule has 7 heteroatoms. The molecule has 106 valence electrons. The molecule has 6 nitrogen and oxygen atoms in total. The molecule has 1 atom stereocenters. The first kappa shape index (κ1) is 15.4. The second-order valence-corrected chi connectivity index (χ2v) is 6.28. The van der Waals surface area contributed by atoms with Crippen molar-refractivity contribution < 1.29 is 18.3 Å². The fourth-order valence-corrected chi connectivity index (χ4v) is 2.42. The molecule has 0 saturated heterocycles. The Balaban J connectivity index is 3.00. The van der Waals surface area contributed by atoms with Crippen molar-refractivity contribution in [2.75, 3.05) is 11.6 Å². The maximum Gasteiger partial charge on any atom is 0.326 e. The smallest absolute Gasteiger partial charge is 0.326 e. The Kier molecular flexibility index (Phi) is 5.29. The maximum atomic E-state index is 11.6. The molecule has 1 heterocycles. The summed E-state index contributed by atoms with van der Waals surface area (Å²) in [6, 6.07) is 2.07. The van der Waals surface area contributed by atoms with Crippen LogP contribution < -0.4 is 5.32 Å². The summed E-state index contributed by atoms with van der Waals surface area (Å²) >= 11 is 0. The van der Waals surface area contributed by atoms with E-state index in [0.29, 0.717) is 6.42 Å². The minimum absolute atomic E-state index is 0.0118. The number of aliphatic carboxylic acids is 1. The number of pyridine rings is 1. The van der Waals surface area contributed by atoms with E-state index in [1.54, 1.807) is 0 Å². The van der Waals surface area contributed by atoms with Gasteiger partial charge in [-0.3, -0.25) is 0 Å². The zero-order chi connectivity index (χ0) is 14.5. The lowest BCUT2D eigenvalue weighted by Gasteiger charge is -2.16. The number of hydrogen-bond acceptors (Lipinski definition) is 5. The first-order chi connectivity index (χ1) is 8.86. The van der Waals surface area contributed by atoms with E-state index in [1.807, 2.05) is 6.92 Å². The van der Waals surface area contributed by atoms with Gasteiger partial charge in [0.25, 0.3) is 0 Å². The minimum atomic E-state index is -3.44. The Labute approximate surface area is 112 Å². The van der Waals surface area contributed by atoms with Crippen LogP contribution in [0.15, 0.2) is 23.2 Å². The number of carboxylic acid groups (broad SMARTS) is 1. The Bertz CT molecular complexity index is 542. The Morgan fingerprint density at radius 2 is 2.21 bits per heavy atom. The van der Waals surface area contributed by atoms with Gasteiger partial charge in [0.2, 0.25) is 0 Å². The Morgan fingerprint density at radius 3 is 2.74 bits per heavy atom. The first-order valence-corrected chi connectivity index (χ1v) is 7.89. The van der Waals surface area contributed by atoms with Crippen LogP contribution in [0.4, 0.5) is 5.82 Å². The molecule has 0 aliphatic carbocycles. The van der Waals surface area contributed by atoms with Gasteiger partial charge in [0.05, 0.1) is 0 Å². The molecule has 0 radical (unpaired) electrons. The predicted octanol–water partition coefficient (Wildman–Crippen LogP) is 1.54. The van der Waals surface area contributed by atoms with Gasteiger partial charge < -0.3 is 10.4 Å². The fraction of sp³-hybridized carbons (Fsp3) is 0.500. The van der Waals surface area contributed by atoms with Gasteiger partial charge in [0.1, 0.15) is 16.8 Å². The van der Waals surface area contributed by atoms with Gasteiger partial charge in [-0.1, -0.05) is 19.8 Å². The first-order valence-electron chi connectivity index (χ1n) is 6.00. The molecule has 1 unspecified atom stereocenters. The minimum Gasteiger partial charge on any atom is -0.480 e. The van der Waals surface area contributed by atoms with E-state index in [4.69, 9.17) is 5.11 Å². The third-order valence-corrected chi connectivity index (χ3v) is 3.75. The van der Waals surface area contributed by atoms with Crippen molar-refractivity contribution in [1.29, 1.82) is 0 Å². The molecule has 0 amide bonds. The van der Waals surface area contributed by atoms with Crippen LogP contribution in [0.1, 0.15) is 26.2 Å². The molecule has 1 rings (SSSR count). The molecule has 19 heavy (non-hydrogen) atoms. The van der Waals surface area contributed by atoms with Crippen LogP contribution in [0.25, 0.3) is 0 Å². The van der Waals surface area contributed by atoms with Crippen molar-refractivity contribution in [2.45, 2.75) is 37.1 Å². The average molecular weight is 286 g/mol. The number of rotatable bonds is 7. The summed E-state index contributed by atoms with van der Waals surface area (Å²) in [5.41, 5.74) is 0. The molecule has 0 spiro atoms. The summed E-state index contributed by atoms with van der Waals surface area (Å²) in [7, 11) is -3.44. The van der Waals surface area contributed by atoms with Crippen molar-refractivity contribution >= 4 is 21.6 Å². The molecule has 0 aliphatic rings. The van der Waals surface area contributed by atoms with Gasteiger partial charge in [0, 0.05) is 12.5 Å². The van der Waals surface area contributed by atoms with Crippen LogP contribution in [0.2, 0.25) is 0 Å². The molecule has 0 aliphatic heterocycles. The van der Waals surface area contributed by atoms with Crippen LogP contribution in [0, 0.1) is 0 Å². The zero-order valence-electron chi connectivity index (χ0n) is 11.0. The highest BCUT2D eigenvalue weighted by molar-refractivity contribution is 7.90. The summed E-state index contributed by atoms with van der Waals surface area (Å²) in [6.07, 6.45) is 4.52. The summed E-state index contributed by atoms with van der Waals surface area (Å²) in [5, 5.41) is 11.8. The number of anilines is 1. The molecule has 0 aromatic carbocycles. The largest absolute Gasteiger partial charge is 0.480 e. The van der Waals surface area contributed by atoms with E-state index < -0.39 is 21.8 Å². The molecular formula is C12H18N2O4S. The maximum absolute atomic E-state index is 11.6. The molecular weight excluding hydrogens is 268 g/mol. The molecule has 1 aromatic heterocycles. The third-order valence-electron chi connectivity index (χ3n) is 2.63. The summed E-state index contributed by atoms with van der Waals surface area (Å²) < 4.78 is 23.2. The van der Waals surface area contributed by atoms with Crippen molar-refractivity contribution in [3.05, 3.63) is 18.3 Å². The fourth-order valence-electron chi connectivity index (χ4n) is 1.63. The lowest BCUT2D eigenvalue weighted by molar-refractivity contribution is -0.138. The number of aromatic nitrogens is 1. The van der Waals surface area contributed by atoms with Crippen LogP contribution in [0.3, 0.4) is 0 Å².